The predicted molar refractivity (Wildman–Crippen MR) is 112 cm³/mol. The number of carbonyl (C=O) groups excluding carboxylic acids is 1. The Morgan fingerprint density at radius 2 is 1.78 bits per heavy atom. The molecule has 164 valence electrons. The maximum Gasteiger partial charge on any atom is 0.337 e. The molecule has 0 unspecified atom stereocenters. The van der Waals surface area contributed by atoms with E-state index in [4.69, 9.17) is 4.74 Å². The third kappa shape index (κ3) is 3.82. The van der Waals surface area contributed by atoms with Crippen molar-refractivity contribution < 1.29 is 18.3 Å². The Bertz CT molecular complexity index is 1420. The lowest BCUT2D eigenvalue weighted by Gasteiger charge is -2.13. The molecule has 0 amide bonds. The lowest BCUT2D eigenvalue weighted by molar-refractivity contribution is -0.143. The van der Waals surface area contributed by atoms with Crippen LogP contribution < -0.4 is 11.2 Å². The van der Waals surface area contributed by atoms with E-state index in [-0.39, 0.29) is 42.1 Å². The van der Waals surface area contributed by atoms with Crippen molar-refractivity contribution >= 4 is 17.1 Å². The van der Waals surface area contributed by atoms with Gasteiger partial charge in [0.15, 0.2) is 11.2 Å². The topological polar surface area (TPSA) is 88.1 Å². The zero-order chi connectivity index (χ0) is 22.8. The van der Waals surface area contributed by atoms with Gasteiger partial charge in [0.25, 0.3) is 5.56 Å². The molecule has 0 aliphatic rings. The zero-order valence-electron chi connectivity index (χ0n) is 17.0. The van der Waals surface area contributed by atoms with Crippen molar-refractivity contribution in [1.29, 1.82) is 0 Å². The van der Waals surface area contributed by atoms with Gasteiger partial charge in [-0.1, -0.05) is 18.2 Å². The number of hydrogen-bond acceptors (Lipinski definition) is 5. The molecule has 4 aromatic rings. The standard InChI is InChI=1S/C22H18F2N4O4/c1-2-32-18(29)12-26-13-25-20-19(26)21(30)27(11-14-5-3-4-6-17(14)24)22(31)28(20)16-9-7-15(23)8-10-16/h3-10,13H,2,11-12H2,1H3. The number of hydrogen-bond donors (Lipinski definition) is 0. The molecular weight excluding hydrogens is 422 g/mol. The molecule has 0 radical (unpaired) electrons. The Morgan fingerprint density at radius 1 is 1.06 bits per heavy atom. The highest BCUT2D eigenvalue weighted by Crippen LogP contribution is 2.15. The van der Waals surface area contributed by atoms with Crippen LogP contribution in [0.15, 0.2) is 64.4 Å². The minimum Gasteiger partial charge on any atom is -0.465 e. The van der Waals surface area contributed by atoms with E-state index in [1.807, 2.05) is 0 Å². The molecule has 0 spiro atoms. The molecule has 4 rings (SSSR count). The molecule has 0 atom stereocenters. The molecule has 2 aromatic carbocycles. The average Bonchev–Trinajstić information content (AvgIpc) is 3.17. The number of esters is 1. The third-order valence-electron chi connectivity index (χ3n) is 4.88. The Balaban J connectivity index is 1.99. The Morgan fingerprint density at radius 3 is 2.47 bits per heavy atom. The molecule has 0 saturated heterocycles. The van der Waals surface area contributed by atoms with Crippen molar-refractivity contribution in [1.82, 2.24) is 18.7 Å². The quantitative estimate of drug-likeness (QED) is 0.429. The van der Waals surface area contributed by atoms with Crippen LogP contribution >= 0.6 is 0 Å². The molecule has 8 nitrogen and oxygen atoms in total. The van der Waals surface area contributed by atoms with Gasteiger partial charge in [0.05, 0.1) is 25.2 Å². The SMILES string of the molecule is CCOC(=O)Cn1cnc2c1c(=O)n(Cc1ccccc1F)c(=O)n2-c1ccc(F)cc1. The van der Waals surface area contributed by atoms with Gasteiger partial charge in [-0.05, 0) is 37.3 Å². The van der Waals surface area contributed by atoms with Crippen molar-refractivity contribution in [2.45, 2.75) is 20.0 Å². The first-order valence-electron chi connectivity index (χ1n) is 9.76. The minimum atomic E-state index is -0.779. The van der Waals surface area contributed by atoms with E-state index in [9.17, 15) is 23.2 Å². The number of ether oxygens (including phenoxy) is 1. The van der Waals surface area contributed by atoms with E-state index >= 15 is 0 Å². The number of halogens is 2. The van der Waals surface area contributed by atoms with Crippen LogP contribution in [0.4, 0.5) is 8.78 Å². The first-order chi connectivity index (χ1) is 15.4. The van der Waals surface area contributed by atoms with Crippen LogP contribution in [0.3, 0.4) is 0 Å². The van der Waals surface area contributed by atoms with Gasteiger partial charge >= 0.3 is 11.7 Å². The Hall–Kier alpha value is -4.08. The van der Waals surface area contributed by atoms with Crippen LogP contribution in [-0.2, 0) is 22.6 Å². The summed E-state index contributed by atoms with van der Waals surface area (Å²) in [6, 6.07) is 10.8. The maximum absolute atomic E-state index is 14.3. The number of rotatable bonds is 6. The van der Waals surface area contributed by atoms with Gasteiger partial charge in [0.1, 0.15) is 18.2 Å². The number of fused-ring (bicyclic) bond motifs is 1. The molecule has 2 heterocycles. The lowest BCUT2D eigenvalue weighted by Crippen LogP contribution is -2.40. The molecule has 10 heteroatoms. The predicted octanol–water partition coefficient (Wildman–Crippen LogP) is 2.24. The number of nitrogens with zero attached hydrogens (tertiary/aromatic N) is 4. The van der Waals surface area contributed by atoms with E-state index in [0.717, 1.165) is 21.3 Å². The van der Waals surface area contributed by atoms with Gasteiger partial charge in [-0.2, -0.15) is 0 Å². The van der Waals surface area contributed by atoms with Gasteiger partial charge < -0.3 is 9.30 Å². The summed E-state index contributed by atoms with van der Waals surface area (Å²) in [7, 11) is 0. The molecule has 0 aliphatic carbocycles. The number of benzene rings is 2. The van der Waals surface area contributed by atoms with E-state index in [1.54, 1.807) is 13.0 Å². The molecule has 0 N–H and O–H groups in total. The third-order valence-corrected chi connectivity index (χ3v) is 4.88. The first kappa shape index (κ1) is 21.2. The van der Waals surface area contributed by atoms with Crippen LogP contribution in [0, 0.1) is 11.6 Å². The maximum atomic E-state index is 14.3. The highest BCUT2D eigenvalue weighted by Gasteiger charge is 2.21. The molecule has 0 bridgehead atoms. The normalized spacial score (nSPS) is 11.1. The molecule has 0 aliphatic heterocycles. The fraction of sp³-hybridized carbons (Fsp3) is 0.182. The van der Waals surface area contributed by atoms with Crippen molar-refractivity contribution in [3.05, 3.63) is 92.9 Å². The second-order valence-corrected chi connectivity index (χ2v) is 6.93. The Kier molecular flexibility index (Phi) is 5.67. The van der Waals surface area contributed by atoms with Crippen molar-refractivity contribution in [2.75, 3.05) is 6.61 Å². The largest absolute Gasteiger partial charge is 0.465 e. The summed E-state index contributed by atoms with van der Waals surface area (Å²) >= 11 is 0. The average molecular weight is 440 g/mol. The van der Waals surface area contributed by atoms with Crippen LogP contribution in [0.1, 0.15) is 12.5 Å². The fourth-order valence-corrected chi connectivity index (χ4v) is 3.40. The van der Waals surface area contributed by atoms with E-state index < -0.39 is 28.9 Å². The highest BCUT2D eigenvalue weighted by atomic mass is 19.1. The van der Waals surface area contributed by atoms with Crippen molar-refractivity contribution in [2.24, 2.45) is 0 Å². The second kappa shape index (κ2) is 8.58. The van der Waals surface area contributed by atoms with E-state index in [1.165, 1.54) is 41.2 Å². The molecule has 0 saturated carbocycles. The van der Waals surface area contributed by atoms with Crippen molar-refractivity contribution in [3.63, 3.8) is 0 Å². The van der Waals surface area contributed by atoms with Crippen LogP contribution in [-0.4, -0.2) is 31.3 Å². The van der Waals surface area contributed by atoms with E-state index in [2.05, 4.69) is 4.98 Å². The Labute approximate surface area is 179 Å². The molecule has 0 fully saturated rings. The fourth-order valence-electron chi connectivity index (χ4n) is 3.40. The summed E-state index contributed by atoms with van der Waals surface area (Å²) < 4.78 is 35.9. The van der Waals surface area contributed by atoms with Gasteiger partial charge in [0, 0.05) is 5.56 Å². The van der Waals surface area contributed by atoms with Crippen LogP contribution in [0.25, 0.3) is 16.9 Å². The van der Waals surface area contributed by atoms with Crippen LogP contribution in [0.2, 0.25) is 0 Å². The molecule has 2 aromatic heterocycles. The molecular formula is C22H18F2N4O4. The van der Waals surface area contributed by atoms with Gasteiger partial charge in [-0.3, -0.25) is 14.2 Å². The highest BCUT2D eigenvalue weighted by molar-refractivity contribution is 5.76. The minimum absolute atomic E-state index is 0.0132. The number of carbonyl (C=O) groups is 1. The van der Waals surface area contributed by atoms with Gasteiger partial charge in [-0.15, -0.1) is 0 Å². The lowest BCUT2D eigenvalue weighted by atomic mass is 10.2. The second-order valence-electron chi connectivity index (χ2n) is 6.93. The molecule has 32 heavy (non-hydrogen) atoms. The summed E-state index contributed by atoms with van der Waals surface area (Å²) in [6.45, 7) is 1.16. The van der Waals surface area contributed by atoms with Gasteiger partial charge in [-0.25, -0.2) is 23.1 Å². The zero-order valence-corrected chi connectivity index (χ0v) is 17.0. The summed E-state index contributed by atoms with van der Waals surface area (Å²) in [5, 5.41) is 0. The first-order valence-corrected chi connectivity index (χ1v) is 9.76. The summed E-state index contributed by atoms with van der Waals surface area (Å²) in [5.41, 5.74) is -1.19. The smallest absolute Gasteiger partial charge is 0.337 e. The summed E-state index contributed by atoms with van der Waals surface area (Å²) in [5.74, 6) is -1.68. The number of imidazole rings is 1. The van der Waals surface area contributed by atoms with Crippen LogP contribution in [0.5, 0.6) is 0 Å². The number of aromatic nitrogens is 4. The van der Waals surface area contributed by atoms with E-state index in [0.29, 0.717) is 0 Å². The van der Waals surface area contributed by atoms with Gasteiger partial charge in [0.2, 0.25) is 0 Å². The summed E-state index contributed by atoms with van der Waals surface area (Å²) in [4.78, 5) is 42.7. The van der Waals surface area contributed by atoms with Crippen molar-refractivity contribution in [3.8, 4) is 5.69 Å². The summed E-state index contributed by atoms with van der Waals surface area (Å²) in [6.07, 6.45) is 1.25. The monoisotopic (exact) mass is 440 g/mol.